The summed E-state index contributed by atoms with van der Waals surface area (Å²) < 4.78 is 0. The smallest absolute Gasteiger partial charge is 0.156 e. The van der Waals surface area contributed by atoms with Gasteiger partial charge in [-0.1, -0.05) is 39.3 Å². The third kappa shape index (κ3) is 8.09. The van der Waals surface area contributed by atoms with Crippen LogP contribution in [0.25, 0.3) is 10.9 Å². The Morgan fingerprint density at radius 2 is 2.00 bits per heavy atom. The highest BCUT2D eigenvalue weighted by molar-refractivity contribution is 5.96. The molecule has 2 heterocycles. The minimum absolute atomic E-state index is 0.0423. The van der Waals surface area contributed by atoms with Gasteiger partial charge in [0, 0.05) is 29.9 Å². The lowest BCUT2D eigenvalue weighted by Crippen LogP contribution is -2.31. The molecule has 0 saturated heterocycles. The normalized spacial score (nSPS) is 10.8. The van der Waals surface area contributed by atoms with Gasteiger partial charge in [0.15, 0.2) is 5.82 Å². The maximum absolute atomic E-state index is 8.87. The van der Waals surface area contributed by atoms with Crippen LogP contribution in [-0.2, 0) is 6.42 Å². The summed E-state index contributed by atoms with van der Waals surface area (Å²) in [6.07, 6.45) is 5.95. The zero-order valence-corrected chi connectivity index (χ0v) is 17.2. The lowest BCUT2D eigenvalue weighted by atomic mass is 10.3. The van der Waals surface area contributed by atoms with E-state index in [1.165, 1.54) is 12.1 Å². The second kappa shape index (κ2) is 11.9. The minimum Gasteiger partial charge on any atom is -0.395 e. The number of aliphatic imine (C=N–C) groups is 1. The predicted molar refractivity (Wildman–Crippen MR) is 115 cm³/mol. The van der Waals surface area contributed by atoms with Gasteiger partial charge >= 0.3 is 0 Å². The van der Waals surface area contributed by atoms with E-state index in [1.54, 1.807) is 0 Å². The van der Waals surface area contributed by atoms with Gasteiger partial charge in [-0.05, 0) is 32.4 Å². The fourth-order valence-electron chi connectivity index (χ4n) is 2.23. The van der Waals surface area contributed by atoms with Crippen molar-refractivity contribution in [2.75, 3.05) is 13.2 Å². The van der Waals surface area contributed by atoms with Crippen LogP contribution in [0.5, 0.6) is 0 Å². The maximum Gasteiger partial charge on any atom is 0.156 e. The molecular formula is C21H33N5O. The standard InChI is InChI=1S/C18H25N5O.C3H8/c1-5-15-9-14-11-20-17(10-16(14)22-15)23-18(8-12(2)3)21-13(4)19-6-7-24;1-3-2/h8-11,19,22,24H,4-7H2,1-3H3,(H,20,21,23);3H2,1-2H3. The molecule has 0 fully saturated rings. The summed E-state index contributed by atoms with van der Waals surface area (Å²) in [5.74, 6) is 1.83. The Balaban J connectivity index is 0.00000114. The lowest BCUT2D eigenvalue weighted by Gasteiger charge is -2.11. The van der Waals surface area contributed by atoms with E-state index in [0.29, 0.717) is 24.0 Å². The Morgan fingerprint density at radius 1 is 1.30 bits per heavy atom. The van der Waals surface area contributed by atoms with E-state index < -0.39 is 0 Å². The number of fused-ring (bicyclic) bond motifs is 1. The quantitative estimate of drug-likeness (QED) is 0.434. The number of aliphatic hydroxyl groups excluding tert-OH is 1. The largest absolute Gasteiger partial charge is 0.395 e. The predicted octanol–water partition coefficient (Wildman–Crippen LogP) is 4.18. The number of aryl methyl sites for hydroxylation is 1. The summed E-state index contributed by atoms with van der Waals surface area (Å²) in [6, 6.07) is 4.03. The Morgan fingerprint density at radius 3 is 2.59 bits per heavy atom. The molecule has 0 aromatic carbocycles. The van der Waals surface area contributed by atoms with Gasteiger partial charge in [-0.3, -0.25) is 0 Å². The average Bonchev–Trinajstić information content (AvgIpc) is 3.02. The highest BCUT2D eigenvalue weighted by Gasteiger charge is 2.04. The molecular weight excluding hydrogens is 338 g/mol. The highest BCUT2D eigenvalue weighted by atomic mass is 16.3. The van der Waals surface area contributed by atoms with Crippen molar-refractivity contribution < 1.29 is 5.11 Å². The minimum atomic E-state index is 0.0423. The molecule has 2 aromatic rings. The van der Waals surface area contributed by atoms with Crippen LogP contribution in [-0.4, -0.2) is 34.1 Å². The molecule has 27 heavy (non-hydrogen) atoms. The second-order valence-corrected chi connectivity index (χ2v) is 6.46. The van der Waals surface area contributed by atoms with Crippen molar-refractivity contribution in [3.8, 4) is 0 Å². The molecule has 2 rings (SSSR count). The van der Waals surface area contributed by atoms with Gasteiger partial charge in [0.1, 0.15) is 5.84 Å². The lowest BCUT2D eigenvalue weighted by molar-refractivity contribution is 0.296. The van der Waals surface area contributed by atoms with Crippen molar-refractivity contribution in [3.05, 3.63) is 48.1 Å². The van der Waals surface area contributed by atoms with Crippen LogP contribution in [0.1, 0.15) is 46.7 Å². The molecule has 0 aliphatic rings. The Kier molecular flexibility index (Phi) is 9.90. The summed E-state index contributed by atoms with van der Waals surface area (Å²) >= 11 is 0. The van der Waals surface area contributed by atoms with E-state index in [-0.39, 0.29) is 6.61 Å². The summed E-state index contributed by atoms with van der Waals surface area (Å²) in [5.41, 5.74) is 3.30. The molecule has 0 radical (unpaired) electrons. The molecule has 6 heteroatoms. The van der Waals surface area contributed by atoms with Gasteiger partial charge in [0.2, 0.25) is 0 Å². The van der Waals surface area contributed by atoms with E-state index in [0.717, 1.165) is 22.9 Å². The monoisotopic (exact) mass is 371 g/mol. The van der Waals surface area contributed by atoms with Gasteiger partial charge < -0.3 is 20.7 Å². The average molecular weight is 372 g/mol. The Bertz CT molecular complexity index is 785. The topological polar surface area (TPSA) is 85.3 Å². The first-order valence-electron chi connectivity index (χ1n) is 9.45. The number of aromatic amines is 1. The Hall–Kier alpha value is -2.60. The molecule has 0 unspecified atom stereocenters. The van der Waals surface area contributed by atoms with Crippen LogP contribution < -0.4 is 10.6 Å². The first-order chi connectivity index (χ1) is 12.9. The first-order valence-corrected chi connectivity index (χ1v) is 9.45. The van der Waals surface area contributed by atoms with Gasteiger partial charge in [-0.15, -0.1) is 0 Å². The van der Waals surface area contributed by atoms with Crippen molar-refractivity contribution in [2.45, 2.75) is 47.5 Å². The number of pyridine rings is 1. The fraction of sp³-hybridized carbons (Fsp3) is 0.429. The van der Waals surface area contributed by atoms with Gasteiger partial charge in [-0.2, -0.15) is 0 Å². The number of H-pyrrole nitrogens is 1. The summed E-state index contributed by atoms with van der Waals surface area (Å²) in [4.78, 5) is 12.3. The molecule has 0 saturated carbocycles. The van der Waals surface area contributed by atoms with Crippen LogP contribution in [0.3, 0.4) is 0 Å². The number of aliphatic hydroxyl groups is 1. The van der Waals surface area contributed by atoms with Crippen molar-refractivity contribution in [1.82, 2.24) is 20.6 Å². The molecule has 4 N–H and O–H groups in total. The summed E-state index contributed by atoms with van der Waals surface area (Å²) in [7, 11) is 0. The van der Waals surface area contributed by atoms with Crippen LogP contribution in [0.4, 0.5) is 5.82 Å². The third-order valence-electron chi connectivity index (χ3n) is 3.32. The summed E-state index contributed by atoms with van der Waals surface area (Å²) in [5, 5.41) is 16.0. The number of aromatic nitrogens is 2. The molecule has 0 aliphatic heterocycles. The van der Waals surface area contributed by atoms with Crippen LogP contribution in [0.15, 0.2) is 47.4 Å². The van der Waals surface area contributed by atoms with Gasteiger partial charge in [-0.25, -0.2) is 9.98 Å². The Labute approximate surface area is 162 Å². The molecule has 0 aliphatic carbocycles. The number of nitrogens with one attached hydrogen (secondary N) is 3. The van der Waals surface area contributed by atoms with E-state index in [1.807, 2.05) is 32.2 Å². The van der Waals surface area contributed by atoms with Gasteiger partial charge in [0.25, 0.3) is 0 Å². The first kappa shape index (κ1) is 22.4. The van der Waals surface area contributed by atoms with Crippen molar-refractivity contribution in [3.63, 3.8) is 0 Å². The maximum atomic E-state index is 8.87. The zero-order chi connectivity index (χ0) is 20.2. The molecule has 2 aromatic heterocycles. The fourth-order valence-corrected chi connectivity index (χ4v) is 2.23. The highest BCUT2D eigenvalue weighted by Crippen LogP contribution is 2.19. The molecule has 0 amide bonds. The van der Waals surface area contributed by atoms with E-state index in [2.05, 4.69) is 59.0 Å². The summed E-state index contributed by atoms with van der Waals surface area (Å²) in [6.45, 7) is 14.7. The van der Waals surface area contributed by atoms with Crippen LogP contribution in [0, 0.1) is 0 Å². The van der Waals surface area contributed by atoms with Crippen molar-refractivity contribution in [1.29, 1.82) is 0 Å². The second-order valence-electron chi connectivity index (χ2n) is 6.46. The van der Waals surface area contributed by atoms with Crippen LogP contribution in [0.2, 0.25) is 0 Å². The van der Waals surface area contributed by atoms with E-state index in [9.17, 15) is 0 Å². The number of hydrogen-bond donors (Lipinski definition) is 4. The zero-order valence-electron chi connectivity index (χ0n) is 17.2. The molecule has 6 nitrogen and oxygen atoms in total. The SMILES string of the molecule is C=C(NCCO)NC(C=C(C)C)=Nc1cc2[nH]c(CC)cc2cn1.CCC. The third-order valence-corrected chi connectivity index (χ3v) is 3.32. The molecule has 148 valence electrons. The van der Waals surface area contributed by atoms with Crippen molar-refractivity contribution >= 4 is 22.6 Å². The molecule has 0 atom stereocenters. The molecule has 0 spiro atoms. The number of allylic oxidation sites excluding steroid dienone is 1. The van der Waals surface area contributed by atoms with Crippen molar-refractivity contribution in [2.24, 2.45) is 4.99 Å². The number of rotatable bonds is 7. The van der Waals surface area contributed by atoms with E-state index in [4.69, 9.17) is 5.11 Å². The number of amidine groups is 1. The molecule has 0 bridgehead atoms. The number of hydrogen-bond acceptors (Lipinski definition) is 4. The number of nitrogens with zero attached hydrogens (tertiary/aromatic N) is 2. The van der Waals surface area contributed by atoms with E-state index >= 15 is 0 Å². The van der Waals surface area contributed by atoms with Crippen LogP contribution >= 0.6 is 0 Å². The van der Waals surface area contributed by atoms with Gasteiger partial charge in [0.05, 0.1) is 17.9 Å².